The van der Waals surface area contributed by atoms with Crippen LogP contribution in [0.15, 0.2) is 24.3 Å². The minimum Gasteiger partial charge on any atom is -0.372 e. The average molecular weight is 249 g/mol. The number of aryl methyl sites for hydroxylation is 1. The minimum absolute atomic E-state index is 0.330. The summed E-state index contributed by atoms with van der Waals surface area (Å²) in [5, 5.41) is 0. The summed E-state index contributed by atoms with van der Waals surface area (Å²) in [6.45, 7) is 6.42. The molecule has 18 heavy (non-hydrogen) atoms. The zero-order valence-corrected chi connectivity index (χ0v) is 11.3. The topological polar surface area (TPSA) is 46.6 Å². The van der Waals surface area contributed by atoms with Gasteiger partial charge >= 0.3 is 12.1 Å². The molecule has 0 heterocycles. The first kappa shape index (κ1) is 14.2. The standard InChI is InChI=1S/C14H19NO3/c1-10(2)9-15(4)14(17)18-13(16)12-7-5-6-11(3)8-12/h5-8,10H,9H2,1-4H3. The fourth-order valence-electron chi connectivity index (χ4n) is 1.61. The molecule has 0 saturated carbocycles. The fraction of sp³-hybridized carbons (Fsp3) is 0.429. The maximum atomic E-state index is 11.7. The Bertz CT molecular complexity index is 440. The molecule has 98 valence electrons. The maximum Gasteiger partial charge on any atom is 0.417 e. The molecule has 0 spiro atoms. The van der Waals surface area contributed by atoms with E-state index in [1.165, 1.54) is 4.90 Å². The Balaban J connectivity index is 2.62. The highest BCUT2D eigenvalue weighted by atomic mass is 16.6. The van der Waals surface area contributed by atoms with Gasteiger partial charge in [0.1, 0.15) is 0 Å². The van der Waals surface area contributed by atoms with Crippen LogP contribution >= 0.6 is 0 Å². The van der Waals surface area contributed by atoms with Crippen LogP contribution in [0, 0.1) is 12.8 Å². The number of hydrogen-bond donors (Lipinski definition) is 0. The van der Waals surface area contributed by atoms with E-state index < -0.39 is 12.1 Å². The quantitative estimate of drug-likeness (QED) is 0.611. The van der Waals surface area contributed by atoms with Crippen molar-refractivity contribution in [2.75, 3.05) is 13.6 Å². The zero-order chi connectivity index (χ0) is 13.7. The molecule has 0 N–H and O–H groups in total. The molecule has 0 saturated heterocycles. The first-order valence-electron chi connectivity index (χ1n) is 5.94. The number of hydrogen-bond acceptors (Lipinski definition) is 3. The predicted octanol–water partition coefficient (Wildman–Crippen LogP) is 2.86. The van der Waals surface area contributed by atoms with Crippen molar-refractivity contribution in [1.82, 2.24) is 4.90 Å². The Morgan fingerprint density at radius 2 is 2.00 bits per heavy atom. The Morgan fingerprint density at radius 1 is 1.33 bits per heavy atom. The lowest BCUT2D eigenvalue weighted by molar-refractivity contribution is 0.0552. The lowest BCUT2D eigenvalue weighted by Gasteiger charge is -2.18. The highest BCUT2D eigenvalue weighted by molar-refractivity contribution is 5.96. The van der Waals surface area contributed by atoms with Crippen LogP contribution in [0.3, 0.4) is 0 Å². The van der Waals surface area contributed by atoms with Gasteiger partial charge in [0, 0.05) is 13.6 Å². The van der Waals surface area contributed by atoms with Crippen LogP contribution in [-0.4, -0.2) is 30.6 Å². The Hall–Kier alpha value is -1.84. The van der Waals surface area contributed by atoms with Gasteiger partial charge in [-0.1, -0.05) is 31.5 Å². The highest BCUT2D eigenvalue weighted by Gasteiger charge is 2.17. The van der Waals surface area contributed by atoms with Crippen molar-refractivity contribution in [1.29, 1.82) is 0 Å². The molecule has 4 nitrogen and oxygen atoms in total. The van der Waals surface area contributed by atoms with Gasteiger partial charge in [0.05, 0.1) is 5.56 Å². The van der Waals surface area contributed by atoms with Crippen molar-refractivity contribution in [3.63, 3.8) is 0 Å². The summed E-state index contributed by atoms with van der Waals surface area (Å²) in [5.74, 6) is -0.282. The lowest BCUT2D eigenvalue weighted by Crippen LogP contribution is -2.32. The minimum atomic E-state index is -0.616. The van der Waals surface area contributed by atoms with Gasteiger partial charge in [0.15, 0.2) is 0 Å². The molecule has 0 aliphatic heterocycles. The SMILES string of the molecule is Cc1cccc(C(=O)OC(=O)N(C)CC(C)C)c1. The van der Waals surface area contributed by atoms with E-state index in [-0.39, 0.29) is 0 Å². The molecule has 0 bridgehead atoms. The smallest absolute Gasteiger partial charge is 0.372 e. The van der Waals surface area contributed by atoms with E-state index in [2.05, 4.69) is 0 Å². The van der Waals surface area contributed by atoms with Crippen molar-refractivity contribution in [3.8, 4) is 0 Å². The summed E-state index contributed by atoms with van der Waals surface area (Å²) in [6, 6.07) is 6.96. The molecule has 0 aliphatic rings. The van der Waals surface area contributed by atoms with Crippen LogP contribution in [-0.2, 0) is 4.74 Å². The predicted molar refractivity (Wildman–Crippen MR) is 69.5 cm³/mol. The van der Waals surface area contributed by atoms with Crippen molar-refractivity contribution in [2.24, 2.45) is 5.92 Å². The summed E-state index contributed by atoms with van der Waals surface area (Å²) >= 11 is 0. The van der Waals surface area contributed by atoms with Crippen LogP contribution in [0.25, 0.3) is 0 Å². The Labute approximate surface area is 108 Å². The monoisotopic (exact) mass is 249 g/mol. The molecule has 1 aromatic rings. The van der Waals surface area contributed by atoms with Crippen LogP contribution in [0.1, 0.15) is 29.8 Å². The van der Waals surface area contributed by atoms with E-state index in [1.807, 2.05) is 26.8 Å². The summed E-state index contributed by atoms with van der Waals surface area (Å²) in [4.78, 5) is 24.8. The number of ether oxygens (including phenoxy) is 1. The molecule has 1 rings (SSSR count). The second-order valence-electron chi connectivity index (χ2n) is 4.80. The molecule has 0 radical (unpaired) electrons. The molecule has 0 aromatic heterocycles. The molecule has 1 aromatic carbocycles. The zero-order valence-electron chi connectivity index (χ0n) is 11.3. The third-order valence-corrected chi connectivity index (χ3v) is 2.38. The fourth-order valence-corrected chi connectivity index (χ4v) is 1.61. The number of nitrogens with zero attached hydrogens (tertiary/aromatic N) is 1. The molecule has 0 aliphatic carbocycles. The van der Waals surface area contributed by atoms with Gasteiger partial charge in [-0.15, -0.1) is 0 Å². The van der Waals surface area contributed by atoms with Crippen LogP contribution < -0.4 is 0 Å². The number of amides is 1. The average Bonchev–Trinajstić information content (AvgIpc) is 2.27. The highest BCUT2D eigenvalue weighted by Crippen LogP contribution is 2.07. The van der Waals surface area contributed by atoms with E-state index in [4.69, 9.17) is 4.74 Å². The number of carbonyl (C=O) groups is 2. The molecule has 1 amide bonds. The van der Waals surface area contributed by atoms with Gasteiger partial charge in [0.2, 0.25) is 0 Å². The largest absolute Gasteiger partial charge is 0.417 e. The number of carbonyl (C=O) groups excluding carboxylic acids is 2. The van der Waals surface area contributed by atoms with Crippen LogP contribution in [0.2, 0.25) is 0 Å². The summed E-state index contributed by atoms with van der Waals surface area (Å²) in [7, 11) is 1.62. The third-order valence-electron chi connectivity index (χ3n) is 2.38. The van der Waals surface area contributed by atoms with Gasteiger partial charge < -0.3 is 9.64 Å². The van der Waals surface area contributed by atoms with Gasteiger partial charge in [-0.05, 0) is 25.0 Å². The number of esters is 1. The van der Waals surface area contributed by atoms with Crippen molar-refractivity contribution < 1.29 is 14.3 Å². The summed E-state index contributed by atoms with van der Waals surface area (Å²) in [5.41, 5.74) is 1.34. The molecular formula is C14H19NO3. The molecular weight excluding hydrogens is 230 g/mol. The molecule has 0 atom stereocenters. The molecule has 0 fully saturated rings. The van der Waals surface area contributed by atoms with Crippen molar-refractivity contribution >= 4 is 12.1 Å². The first-order valence-corrected chi connectivity index (χ1v) is 5.94. The summed E-state index contributed by atoms with van der Waals surface area (Å²) in [6.07, 6.45) is -0.616. The second-order valence-corrected chi connectivity index (χ2v) is 4.80. The van der Waals surface area contributed by atoms with E-state index in [0.717, 1.165) is 5.56 Å². The second kappa shape index (κ2) is 6.19. The van der Waals surface area contributed by atoms with Crippen molar-refractivity contribution in [3.05, 3.63) is 35.4 Å². The van der Waals surface area contributed by atoms with Crippen LogP contribution in [0.5, 0.6) is 0 Å². The van der Waals surface area contributed by atoms with Gasteiger partial charge in [-0.25, -0.2) is 9.59 Å². The Kier molecular flexibility index (Phi) is 4.89. The summed E-state index contributed by atoms with van der Waals surface area (Å²) < 4.78 is 4.80. The molecule has 4 heteroatoms. The molecule has 0 unspecified atom stereocenters. The maximum absolute atomic E-state index is 11.7. The van der Waals surface area contributed by atoms with E-state index >= 15 is 0 Å². The van der Waals surface area contributed by atoms with Gasteiger partial charge in [-0.2, -0.15) is 0 Å². The van der Waals surface area contributed by atoms with Crippen molar-refractivity contribution in [2.45, 2.75) is 20.8 Å². The van der Waals surface area contributed by atoms with Crippen LogP contribution in [0.4, 0.5) is 4.79 Å². The lowest BCUT2D eigenvalue weighted by atomic mass is 10.1. The number of rotatable bonds is 3. The Morgan fingerprint density at radius 3 is 2.56 bits per heavy atom. The number of benzene rings is 1. The van der Waals surface area contributed by atoms with Gasteiger partial charge in [0.25, 0.3) is 0 Å². The first-order chi connectivity index (χ1) is 8.40. The van der Waals surface area contributed by atoms with E-state index in [0.29, 0.717) is 18.0 Å². The van der Waals surface area contributed by atoms with E-state index in [1.54, 1.807) is 25.2 Å². The van der Waals surface area contributed by atoms with E-state index in [9.17, 15) is 9.59 Å². The normalized spacial score (nSPS) is 10.3. The third kappa shape index (κ3) is 4.20. The van der Waals surface area contributed by atoms with Gasteiger partial charge in [-0.3, -0.25) is 0 Å².